The second-order valence-corrected chi connectivity index (χ2v) is 10.6. The van der Waals surface area contributed by atoms with Gasteiger partial charge in [-0.05, 0) is 62.1 Å². The Morgan fingerprint density at radius 2 is 1.93 bits per heavy atom. The second kappa shape index (κ2) is 8.12. The molecule has 0 saturated carbocycles. The van der Waals surface area contributed by atoms with Crippen LogP contribution in [-0.2, 0) is 0 Å². The predicted molar refractivity (Wildman–Crippen MR) is 125 cm³/mol. The highest BCUT2D eigenvalue weighted by Gasteiger charge is 2.33. The minimum absolute atomic E-state index is 0.447. The topological polar surface area (TPSA) is 33.1 Å². The Morgan fingerprint density at radius 1 is 1.13 bits per heavy atom. The van der Waals surface area contributed by atoms with Crippen molar-refractivity contribution in [2.24, 2.45) is 11.3 Å². The van der Waals surface area contributed by atoms with Crippen molar-refractivity contribution in [2.45, 2.75) is 64.8 Å². The van der Waals surface area contributed by atoms with Crippen molar-refractivity contribution in [3.63, 3.8) is 0 Å². The molecule has 3 aliphatic rings. The molecule has 2 aliphatic heterocycles. The van der Waals surface area contributed by atoms with Gasteiger partial charge in [0, 0.05) is 38.1 Å². The molecule has 2 fully saturated rings. The normalized spacial score (nSPS) is 28.2. The molecule has 2 unspecified atom stereocenters. The summed E-state index contributed by atoms with van der Waals surface area (Å²) in [7, 11) is 0. The van der Waals surface area contributed by atoms with Gasteiger partial charge in [-0.2, -0.15) is 0 Å². The Balaban J connectivity index is 1.32. The molecular weight excluding hydrogens is 368 g/mol. The van der Waals surface area contributed by atoms with Crippen LogP contribution in [0.3, 0.4) is 0 Å². The molecule has 5 rings (SSSR count). The Morgan fingerprint density at radius 3 is 2.70 bits per heavy atom. The number of rotatable bonds is 4. The molecule has 0 spiro atoms. The highest BCUT2D eigenvalue weighted by Crippen LogP contribution is 2.41. The number of piperidine rings is 1. The first-order valence-corrected chi connectivity index (χ1v) is 12.1. The lowest BCUT2D eigenvalue weighted by Crippen LogP contribution is -2.39. The van der Waals surface area contributed by atoms with E-state index in [9.17, 15) is 0 Å². The molecular formula is C26H38N4. The van der Waals surface area contributed by atoms with Crippen LogP contribution in [0.25, 0.3) is 11.0 Å². The van der Waals surface area contributed by atoms with Crippen LogP contribution in [0.15, 0.2) is 35.9 Å². The molecule has 162 valence electrons. The van der Waals surface area contributed by atoms with Crippen molar-refractivity contribution in [2.75, 3.05) is 32.7 Å². The molecule has 1 N–H and O–H groups in total. The third-order valence-corrected chi connectivity index (χ3v) is 8.30. The lowest BCUT2D eigenvalue weighted by Gasteiger charge is -2.40. The number of hydrogen-bond acceptors (Lipinski definition) is 3. The first-order chi connectivity index (χ1) is 14.5. The summed E-state index contributed by atoms with van der Waals surface area (Å²) < 4.78 is 2.62. The van der Waals surface area contributed by atoms with E-state index in [0.29, 0.717) is 23.3 Å². The van der Waals surface area contributed by atoms with Gasteiger partial charge in [0.05, 0.1) is 11.0 Å². The summed E-state index contributed by atoms with van der Waals surface area (Å²) >= 11 is 0. The predicted octanol–water partition coefficient (Wildman–Crippen LogP) is 5.13. The molecule has 1 aromatic carbocycles. The average Bonchev–Trinajstić information content (AvgIpc) is 3.40. The number of nitrogens with one attached hydrogen (secondary N) is 1. The zero-order valence-electron chi connectivity index (χ0n) is 19.0. The number of hydrogen-bond donors (Lipinski definition) is 1. The van der Waals surface area contributed by atoms with E-state index in [1.54, 1.807) is 5.57 Å². The first-order valence-electron chi connectivity index (χ1n) is 12.1. The van der Waals surface area contributed by atoms with Crippen LogP contribution in [-0.4, -0.2) is 47.2 Å². The van der Waals surface area contributed by atoms with Gasteiger partial charge in [0.25, 0.3) is 0 Å². The third-order valence-electron chi connectivity index (χ3n) is 8.30. The van der Waals surface area contributed by atoms with E-state index in [1.165, 1.54) is 68.6 Å². The van der Waals surface area contributed by atoms with Gasteiger partial charge in [0.1, 0.15) is 5.82 Å². The molecule has 0 bridgehead atoms. The van der Waals surface area contributed by atoms with Crippen LogP contribution in [0.4, 0.5) is 0 Å². The van der Waals surface area contributed by atoms with Crippen molar-refractivity contribution >= 4 is 11.0 Å². The fraction of sp³-hybridized carbons (Fsp3) is 0.654. The molecule has 0 radical (unpaired) electrons. The van der Waals surface area contributed by atoms with E-state index >= 15 is 0 Å². The summed E-state index contributed by atoms with van der Waals surface area (Å²) in [5, 5.41) is 3.54. The Bertz CT molecular complexity index is 910. The second-order valence-electron chi connectivity index (χ2n) is 10.6. The van der Waals surface area contributed by atoms with E-state index in [4.69, 9.17) is 4.98 Å². The SMILES string of the molecule is CC1C(CN2CCC(n3c(C4CCNC4)nc4ccccc43)CC2)=CCCC1(C)C. The standard InChI is InChI=1S/C26H38N4/c1-19-21(7-6-13-26(19,2)3)18-29-15-11-22(12-16-29)30-24-9-5-4-8-23(24)28-25(30)20-10-14-27-17-20/h4-5,7-9,19-20,22,27H,6,10-18H2,1-3H3. The van der Waals surface area contributed by atoms with Crippen LogP contribution in [0.1, 0.15) is 70.7 Å². The van der Waals surface area contributed by atoms with Crippen molar-refractivity contribution in [1.29, 1.82) is 0 Å². The number of allylic oxidation sites excluding steroid dienone is 1. The molecule has 2 aromatic rings. The average molecular weight is 407 g/mol. The highest BCUT2D eigenvalue weighted by molar-refractivity contribution is 5.76. The van der Waals surface area contributed by atoms with Crippen molar-refractivity contribution in [1.82, 2.24) is 19.8 Å². The Labute approximate surface area is 181 Å². The minimum Gasteiger partial charge on any atom is -0.324 e. The molecule has 1 aromatic heterocycles. The number of nitrogens with zero attached hydrogens (tertiary/aromatic N) is 3. The quantitative estimate of drug-likeness (QED) is 0.714. The largest absolute Gasteiger partial charge is 0.324 e. The van der Waals surface area contributed by atoms with Gasteiger partial charge in [-0.3, -0.25) is 4.90 Å². The summed E-state index contributed by atoms with van der Waals surface area (Å²) in [5.74, 6) is 2.58. The van der Waals surface area contributed by atoms with Gasteiger partial charge in [-0.15, -0.1) is 0 Å². The maximum atomic E-state index is 5.11. The number of aromatic nitrogens is 2. The molecule has 2 saturated heterocycles. The van der Waals surface area contributed by atoms with E-state index in [2.05, 4.69) is 65.9 Å². The maximum Gasteiger partial charge on any atom is 0.114 e. The van der Waals surface area contributed by atoms with Crippen molar-refractivity contribution in [3.8, 4) is 0 Å². The fourth-order valence-corrected chi connectivity index (χ4v) is 5.93. The lowest BCUT2D eigenvalue weighted by molar-refractivity contribution is 0.173. The Kier molecular flexibility index (Phi) is 5.49. The first kappa shape index (κ1) is 20.3. The van der Waals surface area contributed by atoms with Gasteiger partial charge in [-0.25, -0.2) is 4.98 Å². The molecule has 30 heavy (non-hydrogen) atoms. The van der Waals surface area contributed by atoms with E-state index in [0.717, 1.165) is 13.1 Å². The van der Waals surface area contributed by atoms with E-state index < -0.39 is 0 Å². The summed E-state index contributed by atoms with van der Waals surface area (Å²) in [4.78, 5) is 7.81. The van der Waals surface area contributed by atoms with Gasteiger partial charge in [-0.1, -0.05) is 44.6 Å². The van der Waals surface area contributed by atoms with Gasteiger partial charge in [0.15, 0.2) is 0 Å². The summed E-state index contributed by atoms with van der Waals surface area (Å²) in [6, 6.07) is 9.34. The van der Waals surface area contributed by atoms with Crippen LogP contribution < -0.4 is 5.32 Å². The summed E-state index contributed by atoms with van der Waals surface area (Å²) in [5.41, 5.74) is 4.63. The van der Waals surface area contributed by atoms with Crippen LogP contribution in [0, 0.1) is 11.3 Å². The zero-order chi connectivity index (χ0) is 20.7. The molecule has 2 atom stereocenters. The minimum atomic E-state index is 0.447. The number of benzene rings is 1. The smallest absolute Gasteiger partial charge is 0.114 e. The van der Waals surface area contributed by atoms with E-state index in [-0.39, 0.29) is 0 Å². The fourth-order valence-electron chi connectivity index (χ4n) is 5.93. The van der Waals surface area contributed by atoms with Gasteiger partial charge in [0.2, 0.25) is 0 Å². The number of imidazole rings is 1. The molecule has 1 aliphatic carbocycles. The maximum absolute atomic E-state index is 5.11. The lowest BCUT2D eigenvalue weighted by atomic mass is 9.69. The third kappa shape index (κ3) is 3.73. The van der Waals surface area contributed by atoms with Gasteiger partial charge >= 0.3 is 0 Å². The zero-order valence-corrected chi connectivity index (χ0v) is 19.0. The van der Waals surface area contributed by atoms with Crippen molar-refractivity contribution < 1.29 is 0 Å². The monoisotopic (exact) mass is 406 g/mol. The summed E-state index contributed by atoms with van der Waals surface area (Å²) in [6.07, 6.45) is 8.80. The number of fused-ring (bicyclic) bond motifs is 1. The molecule has 4 heteroatoms. The van der Waals surface area contributed by atoms with Crippen LogP contribution >= 0.6 is 0 Å². The number of likely N-dealkylation sites (tertiary alicyclic amines) is 1. The molecule has 4 nitrogen and oxygen atoms in total. The van der Waals surface area contributed by atoms with Gasteiger partial charge < -0.3 is 9.88 Å². The van der Waals surface area contributed by atoms with Crippen LogP contribution in [0.5, 0.6) is 0 Å². The van der Waals surface area contributed by atoms with Crippen LogP contribution in [0.2, 0.25) is 0 Å². The molecule has 3 heterocycles. The highest BCUT2D eigenvalue weighted by atomic mass is 15.2. The molecule has 0 amide bonds. The van der Waals surface area contributed by atoms with Crippen molar-refractivity contribution in [3.05, 3.63) is 41.7 Å². The number of para-hydroxylation sites is 2. The Hall–Kier alpha value is -1.65. The summed E-state index contributed by atoms with van der Waals surface area (Å²) in [6.45, 7) is 13.1. The van der Waals surface area contributed by atoms with E-state index in [1.807, 2.05) is 0 Å².